The van der Waals surface area contributed by atoms with E-state index in [1.165, 1.54) is 0 Å². The van der Waals surface area contributed by atoms with Crippen molar-refractivity contribution in [1.82, 2.24) is 10.8 Å². The number of halogens is 1. The molecule has 0 aromatic heterocycles. The van der Waals surface area contributed by atoms with Crippen molar-refractivity contribution < 1.29 is 19.6 Å². The Morgan fingerprint density at radius 1 is 0.867 bits per heavy atom. The lowest BCUT2D eigenvalue weighted by Crippen LogP contribution is -2.45. The first-order chi connectivity index (χ1) is 14.5. The van der Waals surface area contributed by atoms with E-state index in [0.717, 1.165) is 4.47 Å². The predicted molar refractivity (Wildman–Crippen MR) is 118 cm³/mol. The number of urea groups is 1. The largest absolute Gasteiger partial charge is 0.326 e. The number of hydrogen-bond donors (Lipinski definition) is 5. The number of carbonyl (C=O) groups excluding carboxylic acids is 3. The zero-order valence-electron chi connectivity index (χ0n) is 16.4. The second-order valence-electron chi connectivity index (χ2n) is 6.65. The average Bonchev–Trinajstić information content (AvgIpc) is 2.74. The van der Waals surface area contributed by atoms with E-state index in [0.29, 0.717) is 37.1 Å². The van der Waals surface area contributed by atoms with Crippen LogP contribution in [0.5, 0.6) is 0 Å². The minimum absolute atomic E-state index is 0.203. The van der Waals surface area contributed by atoms with Crippen LogP contribution in [0, 0.1) is 0 Å². The van der Waals surface area contributed by atoms with Crippen LogP contribution in [0.4, 0.5) is 16.2 Å². The number of carbonyl (C=O) groups is 3. The van der Waals surface area contributed by atoms with Crippen molar-refractivity contribution in [2.24, 2.45) is 0 Å². The molecule has 4 amide bonds. The Balaban J connectivity index is 1.92. The smallest absolute Gasteiger partial charge is 0.319 e. The van der Waals surface area contributed by atoms with Gasteiger partial charge >= 0.3 is 6.03 Å². The van der Waals surface area contributed by atoms with Gasteiger partial charge in [-0.05, 0) is 49.2 Å². The summed E-state index contributed by atoms with van der Waals surface area (Å²) in [5.74, 6) is -0.763. The van der Waals surface area contributed by atoms with Gasteiger partial charge < -0.3 is 16.0 Å². The molecule has 2 rings (SSSR count). The molecule has 1 atom stereocenters. The molecule has 0 unspecified atom stereocenters. The maximum Gasteiger partial charge on any atom is 0.319 e. The summed E-state index contributed by atoms with van der Waals surface area (Å²) in [5.41, 5.74) is 2.84. The maximum atomic E-state index is 12.7. The third-order valence-electron chi connectivity index (χ3n) is 4.29. The Hall–Kier alpha value is -2.91. The predicted octanol–water partition coefficient (Wildman–Crippen LogP) is 4.03. The summed E-state index contributed by atoms with van der Waals surface area (Å²) in [6.07, 6.45) is 2.50. The van der Waals surface area contributed by atoms with Gasteiger partial charge in [-0.15, -0.1) is 0 Å². The van der Waals surface area contributed by atoms with Gasteiger partial charge in [-0.3, -0.25) is 14.8 Å². The first-order valence-electron chi connectivity index (χ1n) is 9.60. The first kappa shape index (κ1) is 23.4. The van der Waals surface area contributed by atoms with Crippen LogP contribution in [-0.2, 0) is 9.59 Å². The third-order valence-corrected chi connectivity index (χ3v) is 4.82. The van der Waals surface area contributed by atoms with Crippen LogP contribution in [0.3, 0.4) is 0 Å². The quantitative estimate of drug-likeness (QED) is 0.202. The van der Waals surface area contributed by atoms with Crippen molar-refractivity contribution in [1.29, 1.82) is 0 Å². The fourth-order valence-electron chi connectivity index (χ4n) is 2.75. The molecule has 0 spiro atoms. The molecule has 0 radical (unpaired) electrons. The fraction of sp³-hybridized carbons (Fsp3) is 0.286. The van der Waals surface area contributed by atoms with Crippen LogP contribution in [0.25, 0.3) is 0 Å². The highest BCUT2D eigenvalue weighted by Gasteiger charge is 2.20. The molecule has 9 heteroatoms. The molecule has 5 N–H and O–H groups in total. The topological polar surface area (TPSA) is 120 Å². The normalized spacial score (nSPS) is 11.3. The van der Waals surface area contributed by atoms with Gasteiger partial charge in [0.1, 0.15) is 6.04 Å². The number of anilines is 2. The summed E-state index contributed by atoms with van der Waals surface area (Å²) in [6, 6.07) is 14.9. The molecule has 160 valence electrons. The molecule has 0 saturated heterocycles. The second kappa shape index (κ2) is 12.6. The van der Waals surface area contributed by atoms with Crippen molar-refractivity contribution in [3.8, 4) is 0 Å². The highest BCUT2D eigenvalue weighted by atomic mass is 79.9. The number of para-hydroxylation sites is 1. The van der Waals surface area contributed by atoms with E-state index in [1.54, 1.807) is 41.9 Å². The SMILES string of the molecule is O=C(CCCCC[C@H](NC(=O)Nc1ccc(Br)cc1)C(=O)Nc1ccccc1)NO. The Morgan fingerprint density at radius 3 is 2.20 bits per heavy atom. The molecule has 2 aromatic carbocycles. The molecular formula is C21H25BrN4O4. The summed E-state index contributed by atoms with van der Waals surface area (Å²) in [6.45, 7) is 0. The van der Waals surface area contributed by atoms with Gasteiger partial charge in [0.05, 0.1) is 0 Å². The Bertz CT molecular complexity index is 831. The monoisotopic (exact) mass is 476 g/mol. The maximum absolute atomic E-state index is 12.7. The number of unbranched alkanes of at least 4 members (excludes halogenated alkanes) is 2. The standard InChI is InChI=1S/C21H25BrN4O4/c22-15-11-13-17(14-12-15)24-21(29)25-18(9-5-2-6-10-19(27)26-30)20(28)23-16-7-3-1-4-8-16/h1,3-4,7-8,11-14,18,30H,2,5-6,9-10H2,(H,23,28)(H,26,27)(H2,24,25,29)/t18-/m0/s1. The van der Waals surface area contributed by atoms with E-state index < -0.39 is 18.0 Å². The summed E-state index contributed by atoms with van der Waals surface area (Å²) in [5, 5.41) is 16.7. The van der Waals surface area contributed by atoms with Crippen molar-refractivity contribution in [3.63, 3.8) is 0 Å². The average molecular weight is 477 g/mol. The molecule has 0 fully saturated rings. The van der Waals surface area contributed by atoms with Crippen molar-refractivity contribution in [2.75, 3.05) is 10.6 Å². The van der Waals surface area contributed by atoms with E-state index >= 15 is 0 Å². The molecule has 8 nitrogen and oxygen atoms in total. The molecule has 0 aliphatic heterocycles. The lowest BCUT2D eigenvalue weighted by molar-refractivity contribution is -0.129. The van der Waals surface area contributed by atoms with Gasteiger partial charge in [0.2, 0.25) is 11.8 Å². The Labute approximate surface area is 183 Å². The van der Waals surface area contributed by atoms with Gasteiger partial charge in [-0.25, -0.2) is 10.3 Å². The minimum atomic E-state index is -0.743. The number of benzene rings is 2. The molecule has 30 heavy (non-hydrogen) atoms. The molecular weight excluding hydrogens is 452 g/mol. The number of nitrogens with one attached hydrogen (secondary N) is 4. The molecule has 0 aliphatic carbocycles. The van der Waals surface area contributed by atoms with Gasteiger partial charge in [-0.2, -0.15) is 0 Å². The lowest BCUT2D eigenvalue weighted by atomic mass is 10.1. The number of amides is 4. The summed E-state index contributed by atoms with van der Waals surface area (Å²) in [7, 11) is 0. The minimum Gasteiger partial charge on any atom is -0.326 e. The molecule has 0 aliphatic rings. The van der Waals surface area contributed by atoms with Gasteiger partial charge in [-0.1, -0.05) is 47.0 Å². The van der Waals surface area contributed by atoms with Gasteiger partial charge in [0, 0.05) is 22.3 Å². The van der Waals surface area contributed by atoms with Crippen LogP contribution >= 0.6 is 15.9 Å². The van der Waals surface area contributed by atoms with E-state index in [1.807, 2.05) is 18.2 Å². The highest BCUT2D eigenvalue weighted by molar-refractivity contribution is 9.10. The molecule has 0 bridgehead atoms. The Kier molecular flexibility index (Phi) is 9.82. The second-order valence-corrected chi connectivity index (χ2v) is 7.56. The number of hydrogen-bond acceptors (Lipinski definition) is 4. The van der Waals surface area contributed by atoms with E-state index in [-0.39, 0.29) is 12.3 Å². The zero-order chi connectivity index (χ0) is 21.8. The summed E-state index contributed by atoms with van der Waals surface area (Å²) < 4.78 is 0.892. The molecule has 0 saturated carbocycles. The van der Waals surface area contributed by atoms with E-state index in [9.17, 15) is 14.4 Å². The molecule has 0 heterocycles. The lowest BCUT2D eigenvalue weighted by Gasteiger charge is -2.19. The van der Waals surface area contributed by atoms with E-state index in [2.05, 4.69) is 31.9 Å². The van der Waals surface area contributed by atoms with Crippen molar-refractivity contribution in [3.05, 3.63) is 59.1 Å². The van der Waals surface area contributed by atoms with Gasteiger partial charge in [0.25, 0.3) is 0 Å². The number of rotatable bonds is 10. The van der Waals surface area contributed by atoms with Crippen molar-refractivity contribution >= 4 is 45.2 Å². The van der Waals surface area contributed by atoms with Crippen molar-refractivity contribution in [2.45, 2.75) is 38.1 Å². The van der Waals surface area contributed by atoms with Crippen LogP contribution in [-0.4, -0.2) is 29.1 Å². The zero-order valence-corrected chi connectivity index (χ0v) is 17.9. The fourth-order valence-corrected chi connectivity index (χ4v) is 3.01. The van der Waals surface area contributed by atoms with Crippen LogP contribution in [0.2, 0.25) is 0 Å². The summed E-state index contributed by atoms with van der Waals surface area (Å²) in [4.78, 5) is 36.2. The number of hydroxylamine groups is 1. The van der Waals surface area contributed by atoms with Crippen LogP contribution in [0.15, 0.2) is 59.1 Å². The van der Waals surface area contributed by atoms with E-state index in [4.69, 9.17) is 5.21 Å². The molecule has 2 aromatic rings. The van der Waals surface area contributed by atoms with Crippen LogP contribution in [0.1, 0.15) is 32.1 Å². The Morgan fingerprint density at radius 2 is 1.53 bits per heavy atom. The first-order valence-corrected chi connectivity index (χ1v) is 10.4. The van der Waals surface area contributed by atoms with Crippen LogP contribution < -0.4 is 21.4 Å². The van der Waals surface area contributed by atoms with Gasteiger partial charge in [0.15, 0.2) is 0 Å². The summed E-state index contributed by atoms with van der Waals surface area (Å²) >= 11 is 3.34. The highest BCUT2D eigenvalue weighted by Crippen LogP contribution is 2.15. The third kappa shape index (κ3) is 8.62.